The molecule has 0 bridgehead atoms. The summed E-state index contributed by atoms with van der Waals surface area (Å²) in [6.45, 7) is 6.38. The topological polar surface area (TPSA) is 12.5 Å². The summed E-state index contributed by atoms with van der Waals surface area (Å²) in [6.07, 6.45) is -4.63. The van der Waals surface area contributed by atoms with Gasteiger partial charge in [-0.2, -0.15) is 0 Å². The van der Waals surface area contributed by atoms with E-state index in [1.165, 1.54) is 12.1 Å². The number of hydrogen-bond acceptors (Lipinski definition) is 2. The molecule has 0 N–H and O–H groups in total. The van der Waals surface area contributed by atoms with E-state index in [4.69, 9.17) is 0 Å². The van der Waals surface area contributed by atoms with Crippen LogP contribution in [-0.4, -0.2) is 24.4 Å². The highest BCUT2D eigenvalue weighted by molar-refractivity contribution is 5.28. The van der Waals surface area contributed by atoms with E-state index < -0.39 is 6.36 Å². The van der Waals surface area contributed by atoms with Crippen LogP contribution in [0.5, 0.6) is 5.75 Å². The molecule has 0 atom stereocenters. The molecule has 96 valence electrons. The molecule has 0 heterocycles. The molecular formula is C12H16F3NO. The molecule has 2 nitrogen and oxygen atoms in total. The van der Waals surface area contributed by atoms with Crippen molar-refractivity contribution in [3.05, 3.63) is 29.8 Å². The number of hydrogen-bond donors (Lipinski definition) is 0. The van der Waals surface area contributed by atoms with Gasteiger partial charge in [0.1, 0.15) is 5.75 Å². The maximum atomic E-state index is 12.0. The highest BCUT2D eigenvalue weighted by Gasteiger charge is 2.31. The van der Waals surface area contributed by atoms with Crippen LogP contribution in [0.15, 0.2) is 24.3 Å². The third-order valence-corrected chi connectivity index (χ3v) is 2.43. The fourth-order valence-corrected chi connectivity index (χ4v) is 1.55. The average molecular weight is 247 g/mol. The Morgan fingerprint density at radius 1 is 1.18 bits per heavy atom. The van der Waals surface area contributed by atoms with Crippen molar-refractivity contribution in [2.24, 2.45) is 0 Å². The molecule has 5 heteroatoms. The van der Waals surface area contributed by atoms with E-state index in [-0.39, 0.29) is 5.75 Å². The Morgan fingerprint density at radius 2 is 1.82 bits per heavy atom. The Bertz CT molecular complexity index is 348. The lowest BCUT2D eigenvalue weighted by Crippen LogP contribution is -2.22. The van der Waals surface area contributed by atoms with Crippen molar-refractivity contribution in [2.45, 2.75) is 26.8 Å². The van der Waals surface area contributed by atoms with E-state index >= 15 is 0 Å². The standard InChI is InChI=1S/C12H16F3NO/c1-3-16(4-2)9-10-6-5-7-11(8-10)17-12(13,14)15/h5-8H,3-4,9H2,1-2H3. The van der Waals surface area contributed by atoms with Crippen molar-refractivity contribution in [3.8, 4) is 5.75 Å². The molecule has 0 aliphatic heterocycles. The van der Waals surface area contributed by atoms with Crippen LogP contribution in [0.4, 0.5) is 13.2 Å². The first-order chi connectivity index (χ1) is 7.94. The summed E-state index contributed by atoms with van der Waals surface area (Å²) in [5, 5.41) is 0. The summed E-state index contributed by atoms with van der Waals surface area (Å²) in [5.74, 6) is -0.165. The van der Waals surface area contributed by atoms with Gasteiger partial charge in [0.05, 0.1) is 0 Å². The molecule has 0 saturated heterocycles. The summed E-state index contributed by atoms with van der Waals surface area (Å²) < 4.78 is 40.0. The van der Waals surface area contributed by atoms with Crippen molar-refractivity contribution in [1.29, 1.82) is 0 Å². The van der Waals surface area contributed by atoms with Crippen LogP contribution in [0.25, 0.3) is 0 Å². The fraction of sp³-hybridized carbons (Fsp3) is 0.500. The van der Waals surface area contributed by atoms with Gasteiger partial charge in [-0.3, -0.25) is 4.90 Å². The molecule has 1 aromatic carbocycles. The zero-order valence-electron chi connectivity index (χ0n) is 9.92. The molecule has 0 saturated carbocycles. The van der Waals surface area contributed by atoms with Crippen LogP contribution in [0.1, 0.15) is 19.4 Å². The number of alkyl halides is 3. The predicted molar refractivity (Wildman–Crippen MR) is 59.8 cm³/mol. The van der Waals surface area contributed by atoms with Gasteiger partial charge in [-0.25, -0.2) is 0 Å². The third-order valence-electron chi connectivity index (χ3n) is 2.43. The molecule has 1 aromatic rings. The Morgan fingerprint density at radius 3 is 2.35 bits per heavy atom. The van der Waals surface area contributed by atoms with Crippen molar-refractivity contribution < 1.29 is 17.9 Å². The Kier molecular flexibility index (Phi) is 4.81. The van der Waals surface area contributed by atoms with Gasteiger partial charge in [0.2, 0.25) is 0 Å². The highest BCUT2D eigenvalue weighted by Crippen LogP contribution is 2.23. The Balaban J connectivity index is 2.72. The second-order valence-electron chi connectivity index (χ2n) is 3.66. The largest absolute Gasteiger partial charge is 0.573 e. The Labute approximate surface area is 99.0 Å². The van der Waals surface area contributed by atoms with Crippen LogP contribution < -0.4 is 4.74 Å². The van der Waals surface area contributed by atoms with Crippen LogP contribution in [0.2, 0.25) is 0 Å². The molecule has 0 radical (unpaired) electrons. The highest BCUT2D eigenvalue weighted by atomic mass is 19.4. The molecule has 0 amide bonds. The number of ether oxygens (including phenoxy) is 1. The predicted octanol–water partition coefficient (Wildman–Crippen LogP) is 3.43. The van der Waals surface area contributed by atoms with Crippen molar-refractivity contribution in [2.75, 3.05) is 13.1 Å². The average Bonchev–Trinajstić information content (AvgIpc) is 2.24. The van der Waals surface area contributed by atoms with E-state index in [1.807, 2.05) is 13.8 Å². The molecule has 0 spiro atoms. The lowest BCUT2D eigenvalue weighted by molar-refractivity contribution is -0.274. The van der Waals surface area contributed by atoms with E-state index in [0.29, 0.717) is 6.54 Å². The van der Waals surface area contributed by atoms with Crippen molar-refractivity contribution in [3.63, 3.8) is 0 Å². The van der Waals surface area contributed by atoms with Gasteiger partial charge in [0.25, 0.3) is 0 Å². The van der Waals surface area contributed by atoms with Crippen LogP contribution >= 0.6 is 0 Å². The quantitative estimate of drug-likeness (QED) is 0.790. The van der Waals surface area contributed by atoms with E-state index in [9.17, 15) is 13.2 Å². The van der Waals surface area contributed by atoms with Crippen LogP contribution in [0, 0.1) is 0 Å². The van der Waals surface area contributed by atoms with Gasteiger partial charge in [-0.05, 0) is 30.8 Å². The van der Waals surface area contributed by atoms with Crippen molar-refractivity contribution >= 4 is 0 Å². The monoisotopic (exact) mass is 247 g/mol. The second kappa shape index (κ2) is 5.91. The lowest BCUT2D eigenvalue weighted by Gasteiger charge is -2.18. The first-order valence-electron chi connectivity index (χ1n) is 5.51. The SMILES string of the molecule is CCN(CC)Cc1cccc(OC(F)(F)F)c1. The van der Waals surface area contributed by atoms with E-state index in [2.05, 4.69) is 9.64 Å². The molecule has 0 aliphatic carbocycles. The van der Waals surface area contributed by atoms with Gasteiger partial charge >= 0.3 is 6.36 Å². The minimum atomic E-state index is -4.63. The number of rotatable bonds is 5. The summed E-state index contributed by atoms with van der Waals surface area (Å²) in [5.41, 5.74) is 0.815. The summed E-state index contributed by atoms with van der Waals surface area (Å²) in [4.78, 5) is 2.12. The van der Waals surface area contributed by atoms with Gasteiger partial charge in [0.15, 0.2) is 0 Å². The zero-order valence-corrected chi connectivity index (χ0v) is 9.92. The van der Waals surface area contributed by atoms with E-state index in [0.717, 1.165) is 18.7 Å². The Hall–Kier alpha value is -1.23. The van der Waals surface area contributed by atoms with Crippen LogP contribution in [0.3, 0.4) is 0 Å². The summed E-state index contributed by atoms with van der Waals surface area (Å²) in [6, 6.07) is 6.09. The van der Waals surface area contributed by atoms with Gasteiger partial charge in [0, 0.05) is 6.54 Å². The smallest absolute Gasteiger partial charge is 0.406 e. The number of benzene rings is 1. The molecule has 0 aromatic heterocycles. The number of nitrogens with zero attached hydrogens (tertiary/aromatic N) is 1. The first-order valence-corrected chi connectivity index (χ1v) is 5.51. The molecule has 0 unspecified atom stereocenters. The minimum Gasteiger partial charge on any atom is -0.406 e. The first kappa shape index (κ1) is 13.8. The number of halogens is 3. The molecule has 0 fully saturated rings. The van der Waals surface area contributed by atoms with Gasteiger partial charge in [-0.15, -0.1) is 13.2 Å². The van der Waals surface area contributed by atoms with Crippen molar-refractivity contribution in [1.82, 2.24) is 4.90 Å². The minimum absolute atomic E-state index is 0.165. The van der Waals surface area contributed by atoms with Crippen LogP contribution in [-0.2, 0) is 6.54 Å². The fourth-order valence-electron chi connectivity index (χ4n) is 1.55. The zero-order chi connectivity index (χ0) is 12.9. The molecule has 0 aliphatic rings. The summed E-state index contributed by atoms with van der Waals surface area (Å²) in [7, 11) is 0. The maximum Gasteiger partial charge on any atom is 0.573 e. The molecule has 17 heavy (non-hydrogen) atoms. The van der Waals surface area contributed by atoms with E-state index in [1.54, 1.807) is 12.1 Å². The molecular weight excluding hydrogens is 231 g/mol. The lowest BCUT2D eigenvalue weighted by atomic mass is 10.2. The summed E-state index contributed by atoms with van der Waals surface area (Å²) >= 11 is 0. The third kappa shape index (κ3) is 5.08. The van der Waals surface area contributed by atoms with Gasteiger partial charge in [-0.1, -0.05) is 26.0 Å². The second-order valence-corrected chi connectivity index (χ2v) is 3.66. The normalized spacial score (nSPS) is 11.9. The molecule has 1 rings (SSSR count). The maximum absolute atomic E-state index is 12.0. The van der Waals surface area contributed by atoms with Gasteiger partial charge < -0.3 is 4.74 Å².